The van der Waals surface area contributed by atoms with Gasteiger partial charge in [0.25, 0.3) is 5.91 Å². The molecule has 1 aromatic carbocycles. The number of amides is 1. The molecule has 0 spiro atoms. The molecule has 3 aliphatic rings. The van der Waals surface area contributed by atoms with Crippen molar-refractivity contribution in [2.45, 2.75) is 45.7 Å². The Balaban J connectivity index is 1.56. The minimum atomic E-state index is 0.210. The molecule has 2 bridgehead atoms. The first-order chi connectivity index (χ1) is 12.2. The first-order valence-corrected chi connectivity index (χ1v) is 9.81. The number of rotatable bonds is 4. The quantitative estimate of drug-likeness (QED) is 0.851. The van der Waals surface area contributed by atoms with Gasteiger partial charge in [0.15, 0.2) is 0 Å². The molecule has 4 heteroatoms. The molecule has 5 rings (SSSR count). The molecule has 4 nitrogen and oxygen atoms in total. The maximum atomic E-state index is 13.2. The minimum Gasteiger partial charge on any atom is -0.348 e. The van der Waals surface area contributed by atoms with Crippen LogP contribution in [0.15, 0.2) is 30.5 Å². The summed E-state index contributed by atoms with van der Waals surface area (Å²) in [7, 11) is 0. The molecule has 0 saturated carbocycles. The van der Waals surface area contributed by atoms with E-state index < -0.39 is 0 Å². The summed E-state index contributed by atoms with van der Waals surface area (Å²) in [6.07, 6.45) is 5.82. The predicted octanol–water partition coefficient (Wildman–Crippen LogP) is 3.61. The van der Waals surface area contributed by atoms with E-state index in [-0.39, 0.29) is 5.91 Å². The van der Waals surface area contributed by atoms with Crippen LogP contribution in [-0.2, 0) is 6.54 Å². The molecule has 2 aromatic rings. The Hall–Kier alpha value is -1.81. The number of carbonyl (C=O) groups is 1. The summed E-state index contributed by atoms with van der Waals surface area (Å²) in [4.78, 5) is 17.9. The maximum absolute atomic E-state index is 13.2. The molecule has 25 heavy (non-hydrogen) atoms. The molecule has 1 amide bonds. The van der Waals surface area contributed by atoms with Crippen LogP contribution in [0.4, 0.5) is 0 Å². The summed E-state index contributed by atoms with van der Waals surface area (Å²) in [5, 5.41) is 1.16. The van der Waals surface area contributed by atoms with E-state index in [1.807, 2.05) is 6.07 Å². The molecule has 0 aliphatic carbocycles. The van der Waals surface area contributed by atoms with Crippen molar-refractivity contribution in [3.05, 3.63) is 36.0 Å². The molecule has 2 atom stereocenters. The van der Waals surface area contributed by atoms with Crippen molar-refractivity contribution >= 4 is 16.8 Å². The van der Waals surface area contributed by atoms with Gasteiger partial charge >= 0.3 is 0 Å². The van der Waals surface area contributed by atoms with Crippen molar-refractivity contribution in [3.63, 3.8) is 0 Å². The van der Waals surface area contributed by atoms with Crippen molar-refractivity contribution in [2.24, 2.45) is 5.92 Å². The molecule has 4 heterocycles. The average molecular weight is 339 g/mol. The minimum absolute atomic E-state index is 0.210. The molecule has 134 valence electrons. The van der Waals surface area contributed by atoms with Gasteiger partial charge < -0.3 is 9.47 Å². The average Bonchev–Trinajstić information content (AvgIpc) is 2.82. The van der Waals surface area contributed by atoms with Gasteiger partial charge in [-0.1, -0.05) is 6.92 Å². The lowest BCUT2D eigenvalue weighted by molar-refractivity contribution is 0.0738. The van der Waals surface area contributed by atoms with Crippen LogP contribution < -0.4 is 0 Å². The fourth-order valence-electron chi connectivity index (χ4n) is 4.70. The van der Waals surface area contributed by atoms with E-state index in [0.29, 0.717) is 12.0 Å². The number of nitrogens with zero attached hydrogens (tertiary/aromatic N) is 3. The highest BCUT2D eigenvalue weighted by Gasteiger charge is 2.36. The monoisotopic (exact) mass is 339 g/mol. The second kappa shape index (κ2) is 6.83. The number of hydrogen-bond donors (Lipinski definition) is 0. The van der Waals surface area contributed by atoms with Gasteiger partial charge in [0, 0.05) is 54.9 Å². The van der Waals surface area contributed by atoms with Crippen LogP contribution in [0, 0.1) is 5.92 Å². The number of benzene rings is 1. The smallest absolute Gasteiger partial charge is 0.253 e. The van der Waals surface area contributed by atoms with E-state index in [4.69, 9.17) is 0 Å². The van der Waals surface area contributed by atoms with Gasteiger partial charge in [0.05, 0.1) is 0 Å². The van der Waals surface area contributed by atoms with E-state index in [1.165, 1.54) is 37.9 Å². The summed E-state index contributed by atoms with van der Waals surface area (Å²) in [6.45, 7) is 9.50. The molecule has 3 saturated heterocycles. The van der Waals surface area contributed by atoms with Crippen LogP contribution >= 0.6 is 0 Å². The summed E-state index contributed by atoms with van der Waals surface area (Å²) in [5.41, 5.74) is 2.05. The Labute approximate surface area is 150 Å². The molecule has 0 radical (unpaired) electrons. The number of aromatic nitrogens is 1. The van der Waals surface area contributed by atoms with Crippen molar-refractivity contribution in [1.82, 2.24) is 14.4 Å². The van der Waals surface area contributed by atoms with Crippen LogP contribution in [0.25, 0.3) is 10.9 Å². The van der Waals surface area contributed by atoms with Crippen LogP contribution in [0.5, 0.6) is 0 Å². The number of aryl methyl sites for hydroxylation is 1. The van der Waals surface area contributed by atoms with Crippen molar-refractivity contribution in [3.8, 4) is 0 Å². The van der Waals surface area contributed by atoms with Crippen molar-refractivity contribution in [2.75, 3.05) is 26.2 Å². The fourth-order valence-corrected chi connectivity index (χ4v) is 4.70. The zero-order chi connectivity index (χ0) is 17.4. The second-order valence-corrected chi connectivity index (χ2v) is 7.68. The topological polar surface area (TPSA) is 28.5 Å². The molecular weight excluding hydrogens is 310 g/mol. The number of piperidine rings is 1. The van der Waals surface area contributed by atoms with Crippen LogP contribution in [0.1, 0.15) is 43.5 Å². The lowest BCUT2D eigenvalue weighted by Gasteiger charge is -2.35. The van der Waals surface area contributed by atoms with Crippen LogP contribution in [0.2, 0.25) is 0 Å². The summed E-state index contributed by atoms with van der Waals surface area (Å²) >= 11 is 0. The normalized spacial score (nSPS) is 24.0. The van der Waals surface area contributed by atoms with E-state index in [1.54, 1.807) is 0 Å². The molecule has 0 unspecified atom stereocenters. The van der Waals surface area contributed by atoms with Gasteiger partial charge in [-0.2, -0.15) is 0 Å². The Morgan fingerprint density at radius 3 is 2.80 bits per heavy atom. The second-order valence-electron chi connectivity index (χ2n) is 7.68. The third kappa shape index (κ3) is 3.08. The summed E-state index contributed by atoms with van der Waals surface area (Å²) in [5.74, 6) is 0.848. The SMILES string of the molecule is CCCN1C[C@H]2CC[C@@H]1CN(C(=O)c1ccc3c(ccn3CC)c1)C2. The van der Waals surface area contributed by atoms with Gasteiger partial charge in [-0.3, -0.25) is 9.69 Å². The zero-order valence-electron chi connectivity index (χ0n) is 15.4. The van der Waals surface area contributed by atoms with Crippen molar-refractivity contribution < 1.29 is 4.79 Å². The highest BCUT2D eigenvalue weighted by atomic mass is 16.2. The van der Waals surface area contributed by atoms with E-state index in [0.717, 1.165) is 30.6 Å². The summed E-state index contributed by atoms with van der Waals surface area (Å²) < 4.78 is 2.22. The van der Waals surface area contributed by atoms with Gasteiger partial charge in [-0.15, -0.1) is 0 Å². The fraction of sp³-hybridized carbons (Fsp3) is 0.571. The Bertz CT molecular complexity index is 766. The Morgan fingerprint density at radius 1 is 1.12 bits per heavy atom. The Morgan fingerprint density at radius 2 is 2.00 bits per heavy atom. The first kappa shape index (κ1) is 16.6. The number of carbonyl (C=O) groups excluding carboxylic acids is 1. The summed E-state index contributed by atoms with van der Waals surface area (Å²) in [6, 6.07) is 8.84. The number of fused-ring (bicyclic) bond motifs is 5. The highest BCUT2D eigenvalue weighted by Crippen LogP contribution is 2.29. The standard InChI is InChI=1S/C21H29N3O/c1-3-10-23-13-16-5-7-19(23)15-24(14-16)21(25)18-6-8-20-17(12-18)9-11-22(20)4-2/h6,8-9,11-12,16,19H,3-5,7,10,13-15H2,1-2H3/t16-,19-/m1/s1. The maximum Gasteiger partial charge on any atom is 0.253 e. The van der Waals surface area contributed by atoms with E-state index in [2.05, 4.69) is 52.6 Å². The lowest BCUT2D eigenvalue weighted by atomic mass is 9.95. The van der Waals surface area contributed by atoms with Crippen LogP contribution in [0.3, 0.4) is 0 Å². The first-order valence-electron chi connectivity index (χ1n) is 9.81. The molecule has 0 N–H and O–H groups in total. The van der Waals surface area contributed by atoms with Gasteiger partial charge in [-0.05, 0) is 62.9 Å². The molecular formula is C21H29N3O. The highest BCUT2D eigenvalue weighted by molar-refractivity contribution is 5.98. The lowest BCUT2D eigenvalue weighted by Crippen LogP contribution is -2.44. The predicted molar refractivity (Wildman–Crippen MR) is 102 cm³/mol. The van der Waals surface area contributed by atoms with E-state index in [9.17, 15) is 4.79 Å². The third-order valence-corrected chi connectivity index (χ3v) is 5.98. The largest absolute Gasteiger partial charge is 0.348 e. The zero-order valence-corrected chi connectivity index (χ0v) is 15.4. The molecule has 1 aromatic heterocycles. The Kier molecular flexibility index (Phi) is 4.55. The van der Waals surface area contributed by atoms with Crippen LogP contribution in [-0.4, -0.2) is 52.5 Å². The van der Waals surface area contributed by atoms with Gasteiger partial charge in [-0.25, -0.2) is 0 Å². The molecule has 3 aliphatic heterocycles. The van der Waals surface area contributed by atoms with Gasteiger partial charge in [0.2, 0.25) is 0 Å². The van der Waals surface area contributed by atoms with E-state index >= 15 is 0 Å². The molecule has 3 fully saturated rings. The number of hydrogen-bond acceptors (Lipinski definition) is 2. The van der Waals surface area contributed by atoms with Gasteiger partial charge in [0.1, 0.15) is 0 Å². The third-order valence-electron chi connectivity index (χ3n) is 5.98. The van der Waals surface area contributed by atoms with Crippen molar-refractivity contribution in [1.29, 1.82) is 0 Å².